The average Bonchev–Trinajstić information content (AvgIpc) is 2.23. The molecule has 0 aromatic heterocycles. The van der Waals surface area contributed by atoms with E-state index in [1.807, 2.05) is 0 Å². The van der Waals surface area contributed by atoms with Crippen molar-refractivity contribution in [2.75, 3.05) is 0 Å². The fraction of sp³-hybridized carbons (Fsp3) is 0.364. The van der Waals surface area contributed by atoms with E-state index in [1.165, 1.54) is 6.92 Å². The molecule has 4 nitrogen and oxygen atoms in total. The van der Waals surface area contributed by atoms with Gasteiger partial charge in [0.05, 0.1) is 6.10 Å². The molecule has 15 heavy (non-hydrogen) atoms. The number of cyclic esters (lactones) is 1. The highest BCUT2D eigenvalue weighted by Crippen LogP contribution is 2.33. The number of benzene rings is 1. The highest BCUT2D eigenvalue weighted by Gasteiger charge is 2.48. The quantitative estimate of drug-likeness (QED) is 0.652. The zero-order chi connectivity index (χ0) is 11.1. The fourth-order valence-electron chi connectivity index (χ4n) is 1.78. The van der Waals surface area contributed by atoms with Gasteiger partial charge in [-0.25, -0.2) is 4.79 Å². The molecule has 0 aliphatic carbocycles. The summed E-state index contributed by atoms with van der Waals surface area (Å²) in [7, 11) is 0. The first kappa shape index (κ1) is 10.1. The Bertz CT molecular complexity index is 399. The van der Waals surface area contributed by atoms with Gasteiger partial charge in [-0.15, -0.1) is 0 Å². The van der Waals surface area contributed by atoms with Crippen LogP contribution in [0.25, 0.3) is 0 Å². The van der Waals surface area contributed by atoms with Crippen molar-refractivity contribution in [3.05, 3.63) is 35.4 Å². The molecule has 0 saturated heterocycles. The van der Waals surface area contributed by atoms with E-state index >= 15 is 0 Å². The number of rotatable bonds is 1. The van der Waals surface area contributed by atoms with E-state index in [4.69, 9.17) is 4.74 Å². The van der Waals surface area contributed by atoms with Gasteiger partial charge >= 0.3 is 5.97 Å². The number of hydrogen-bond acceptors (Lipinski definition) is 4. The van der Waals surface area contributed by atoms with Crippen LogP contribution in [-0.4, -0.2) is 22.3 Å². The van der Waals surface area contributed by atoms with Crippen LogP contribution < -0.4 is 0 Å². The summed E-state index contributed by atoms with van der Waals surface area (Å²) in [6.45, 7) is 1.51. The number of fused-ring (bicyclic) bond motifs is 1. The minimum absolute atomic E-state index is 0.143. The largest absolute Gasteiger partial charge is 0.458 e. The Morgan fingerprint density at radius 1 is 1.47 bits per heavy atom. The fourth-order valence-corrected chi connectivity index (χ4v) is 1.78. The van der Waals surface area contributed by atoms with Gasteiger partial charge in [0.1, 0.15) is 6.61 Å². The Hall–Kier alpha value is -1.39. The molecule has 4 heteroatoms. The summed E-state index contributed by atoms with van der Waals surface area (Å²) in [4.78, 5) is 11.5. The van der Waals surface area contributed by atoms with E-state index in [0.29, 0.717) is 5.56 Å². The third-order valence-electron chi connectivity index (χ3n) is 2.70. The molecule has 1 aliphatic heterocycles. The number of hydrogen-bond donors (Lipinski definition) is 2. The number of carbonyl (C=O) groups is 1. The first-order chi connectivity index (χ1) is 7.06. The van der Waals surface area contributed by atoms with Gasteiger partial charge in [-0.05, 0) is 12.5 Å². The van der Waals surface area contributed by atoms with E-state index in [2.05, 4.69) is 0 Å². The molecule has 1 aromatic carbocycles. The minimum Gasteiger partial charge on any atom is -0.458 e. The highest BCUT2D eigenvalue weighted by atomic mass is 16.6. The summed E-state index contributed by atoms with van der Waals surface area (Å²) >= 11 is 0. The molecule has 1 aliphatic rings. The number of carbonyl (C=O) groups excluding carboxylic acids is 1. The van der Waals surface area contributed by atoms with Crippen LogP contribution in [0, 0.1) is 0 Å². The van der Waals surface area contributed by atoms with Crippen LogP contribution in [0.4, 0.5) is 0 Å². The lowest BCUT2D eigenvalue weighted by Crippen LogP contribution is -2.49. The topological polar surface area (TPSA) is 66.8 Å². The Balaban J connectivity index is 2.60. The third-order valence-corrected chi connectivity index (χ3v) is 2.70. The van der Waals surface area contributed by atoms with Crippen LogP contribution in [0.5, 0.6) is 0 Å². The molecule has 2 atom stereocenters. The van der Waals surface area contributed by atoms with E-state index in [0.717, 1.165) is 5.56 Å². The van der Waals surface area contributed by atoms with Crippen molar-refractivity contribution in [3.63, 3.8) is 0 Å². The first-order valence-electron chi connectivity index (χ1n) is 4.73. The van der Waals surface area contributed by atoms with Gasteiger partial charge in [0.25, 0.3) is 0 Å². The molecule has 0 fully saturated rings. The zero-order valence-electron chi connectivity index (χ0n) is 8.30. The summed E-state index contributed by atoms with van der Waals surface area (Å²) in [6, 6.07) is 6.89. The molecular weight excluding hydrogens is 196 g/mol. The molecule has 0 radical (unpaired) electrons. The van der Waals surface area contributed by atoms with Crippen molar-refractivity contribution >= 4 is 5.97 Å². The molecular formula is C11H12O4. The van der Waals surface area contributed by atoms with E-state index in [9.17, 15) is 15.0 Å². The number of esters is 1. The molecule has 2 rings (SSSR count). The van der Waals surface area contributed by atoms with Crippen LogP contribution in [0.3, 0.4) is 0 Å². The summed E-state index contributed by atoms with van der Waals surface area (Å²) in [6.07, 6.45) is -1.20. The van der Waals surface area contributed by atoms with Gasteiger partial charge in [0.2, 0.25) is 5.60 Å². The SMILES string of the molecule is C[C@@H](O)[C@]1(O)C(=O)OCc2ccccc21. The lowest BCUT2D eigenvalue weighted by Gasteiger charge is -2.34. The number of aliphatic hydroxyl groups is 2. The molecule has 80 valence electrons. The second-order valence-corrected chi connectivity index (χ2v) is 3.68. The second kappa shape index (κ2) is 3.32. The van der Waals surface area contributed by atoms with Crippen LogP contribution in [0.2, 0.25) is 0 Å². The van der Waals surface area contributed by atoms with Crippen molar-refractivity contribution in [1.82, 2.24) is 0 Å². The Morgan fingerprint density at radius 3 is 2.80 bits per heavy atom. The predicted octanol–water partition coefficient (Wildman–Crippen LogP) is 0.312. The summed E-state index contributed by atoms with van der Waals surface area (Å²) in [5, 5.41) is 19.6. The van der Waals surface area contributed by atoms with Crippen molar-refractivity contribution in [2.24, 2.45) is 0 Å². The monoisotopic (exact) mass is 208 g/mol. The first-order valence-corrected chi connectivity index (χ1v) is 4.73. The maximum Gasteiger partial charge on any atom is 0.345 e. The Kier molecular flexibility index (Phi) is 2.25. The van der Waals surface area contributed by atoms with Gasteiger partial charge in [0.15, 0.2) is 0 Å². The zero-order valence-corrected chi connectivity index (χ0v) is 8.30. The average molecular weight is 208 g/mol. The molecule has 0 spiro atoms. The van der Waals surface area contributed by atoms with Gasteiger partial charge in [0, 0.05) is 5.56 Å². The summed E-state index contributed by atoms with van der Waals surface area (Å²) in [5.41, 5.74) is -0.786. The van der Waals surface area contributed by atoms with Crippen molar-refractivity contribution in [2.45, 2.75) is 25.2 Å². The van der Waals surface area contributed by atoms with Gasteiger partial charge in [-0.3, -0.25) is 0 Å². The van der Waals surface area contributed by atoms with Crippen LogP contribution in [0.15, 0.2) is 24.3 Å². The molecule has 1 heterocycles. The van der Waals surface area contributed by atoms with Crippen LogP contribution in [0.1, 0.15) is 18.1 Å². The Morgan fingerprint density at radius 2 is 2.13 bits per heavy atom. The number of aliphatic hydroxyl groups excluding tert-OH is 1. The van der Waals surface area contributed by atoms with Crippen LogP contribution >= 0.6 is 0 Å². The van der Waals surface area contributed by atoms with Gasteiger partial charge in [-0.1, -0.05) is 24.3 Å². The van der Waals surface area contributed by atoms with Crippen molar-refractivity contribution < 1.29 is 19.7 Å². The Labute approximate surface area is 87.1 Å². The van der Waals surface area contributed by atoms with E-state index in [-0.39, 0.29) is 6.61 Å². The minimum atomic E-state index is -1.94. The molecule has 1 aromatic rings. The second-order valence-electron chi connectivity index (χ2n) is 3.68. The van der Waals surface area contributed by atoms with Crippen molar-refractivity contribution in [1.29, 1.82) is 0 Å². The summed E-state index contributed by atoms with van der Waals surface area (Å²) in [5.74, 6) is -0.795. The number of ether oxygens (including phenoxy) is 1. The molecule has 2 N–H and O–H groups in total. The smallest absolute Gasteiger partial charge is 0.345 e. The highest BCUT2D eigenvalue weighted by molar-refractivity contribution is 5.83. The lowest BCUT2D eigenvalue weighted by atomic mass is 9.84. The lowest BCUT2D eigenvalue weighted by molar-refractivity contribution is -0.184. The van der Waals surface area contributed by atoms with Gasteiger partial charge < -0.3 is 14.9 Å². The summed E-state index contributed by atoms with van der Waals surface area (Å²) < 4.78 is 4.83. The normalized spacial score (nSPS) is 26.7. The van der Waals surface area contributed by atoms with Crippen LogP contribution in [-0.2, 0) is 21.7 Å². The van der Waals surface area contributed by atoms with Gasteiger partial charge in [-0.2, -0.15) is 0 Å². The molecule has 0 amide bonds. The molecule has 0 bridgehead atoms. The predicted molar refractivity (Wildman–Crippen MR) is 51.8 cm³/mol. The van der Waals surface area contributed by atoms with Crippen molar-refractivity contribution in [3.8, 4) is 0 Å². The maximum atomic E-state index is 11.5. The van der Waals surface area contributed by atoms with E-state index < -0.39 is 17.7 Å². The molecule has 0 unspecified atom stereocenters. The third kappa shape index (κ3) is 1.33. The standard InChI is InChI=1S/C11H12O4/c1-7(12)11(14)9-5-3-2-4-8(9)6-15-10(11)13/h2-5,7,12,14H,6H2,1H3/t7-,11-/m1/s1. The molecule has 0 saturated carbocycles. The maximum absolute atomic E-state index is 11.5. The van der Waals surface area contributed by atoms with E-state index in [1.54, 1.807) is 24.3 Å².